The molecule has 0 aliphatic heterocycles. The Morgan fingerprint density at radius 2 is 1.94 bits per heavy atom. The van der Waals surface area contributed by atoms with E-state index in [4.69, 9.17) is 0 Å². The minimum atomic E-state index is -4.15. The summed E-state index contributed by atoms with van der Waals surface area (Å²) in [7, 11) is 0. The van der Waals surface area contributed by atoms with Crippen LogP contribution in [0, 0.1) is 6.92 Å². The van der Waals surface area contributed by atoms with Crippen LogP contribution in [0.15, 0.2) is 17.6 Å². The maximum Gasteiger partial charge on any atom is 0.401 e. The molecule has 0 atom stereocenters. The Hall–Kier alpha value is -0.820. The summed E-state index contributed by atoms with van der Waals surface area (Å²) in [5, 5.41) is 2.89. The van der Waals surface area contributed by atoms with Gasteiger partial charge in [0.1, 0.15) is 0 Å². The highest BCUT2D eigenvalue weighted by Gasteiger charge is 2.25. The third kappa shape index (κ3) is 5.92. The Balaban J connectivity index is 2.14. The zero-order chi connectivity index (χ0) is 12.0. The molecule has 1 aromatic rings. The fraction of sp³-hybridized carbons (Fsp3) is 0.556. The summed E-state index contributed by atoms with van der Waals surface area (Å²) >= 11 is 1.33. The van der Waals surface area contributed by atoms with Crippen molar-refractivity contribution in [3.8, 4) is 0 Å². The fourth-order valence-corrected chi connectivity index (χ4v) is 1.58. The molecule has 0 aliphatic carbocycles. The Morgan fingerprint density at radius 3 is 2.50 bits per heavy atom. The smallest absolute Gasteiger partial charge is 0.308 e. The van der Waals surface area contributed by atoms with Gasteiger partial charge in [-0.05, 0) is 12.5 Å². The number of nitrogens with zero attached hydrogens (tertiary/aromatic N) is 2. The van der Waals surface area contributed by atoms with E-state index < -0.39 is 12.7 Å². The van der Waals surface area contributed by atoms with Crippen LogP contribution in [0.25, 0.3) is 0 Å². The molecule has 0 unspecified atom stereocenters. The first-order chi connectivity index (χ1) is 7.47. The van der Waals surface area contributed by atoms with Gasteiger partial charge >= 0.3 is 6.18 Å². The van der Waals surface area contributed by atoms with Gasteiger partial charge < -0.3 is 5.32 Å². The molecule has 0 saturated carbocycles. The van der Waals surface area contributed by atoms with Gasteiger partial charge in [-0.15, -0.1) is 0 Å². The van der Waals surface area contributed by atoms with Crippen LogP contribution in [0.3, 0.4) is 0 Å². The monoisotopic (exact) mass is 251 g/mol. The molecule has 1 aromatic heterocycles. The van der Waals surface area contributed by atoms with Gasteiger partial charge in [0.2, 0.25) is 0 Å². The zero-order valence-electron chi connectivity index (χ0n) is 8.71. The SMILES string of the molecule is Cc1cnc(SCCNCC(F)(F)F)nc1. The van der Waals surface area contributed by atoms with Gasteiger partial charge in [-0.3, -0.25) is 0 Å². The molecule has 7 heteroatoms. The zero-order valence-corrected chi connectivity index (χ0v) is 9.53. The van der Waals surface area contributed by atoms with Crippen LogP contribution in [-0.4, -0.2) is 35.0 Å². The number of alkyl halides is 3. The molecule has 0 aliphatic rings. The Labute approximate surface area is 95.9 Å². The summed E-state index contributed by atoms with van der Waals surface area (Å²) in [6, 6.07) is 0. The van der Waals surface area contributed by atoms with Gasteiger partial charge in [-0.25, -0.2) is 9.97 Å². The van der Waals surface area contributed by atoms with Gasteiger partial charge in [0.05, 0.1) is 6.54 Å². The number of rotatable bonds is 5. The first-order valence-corrected chi connectivity index (χ1v) is 5.65. The third-order valence-electron chi connectivity index (χ3n) is 1.59. The lowest BCUT2D eigenvalue weighted by molar-refractivity contribution is -0.124. The molecular weight excluding hydrogens is 239 g/mol. The minimum absolute atomic E-state index is 0.279. The van der Waals surface area contributed by atoms with E-state index in [1.54, 1.807) is 12.4 Å². The number of hydrogen-bond acceptors (Lipinski definition) is 4. The Morgan fingerprint density at radius 1 is 1.31 bits per heavy atom. The van der Waals surface area contributed by atoms with Crippen molar-refractivity contribution in [1.82, 2.24) is 15.3 Å². The molecule has 0 aromatic carbocycles. The van der Waals surface area contributed by atoms with Gasteiger partial charge in [0.15, 0.2) is 5.16 Å². The van der Waals surface area contributed by atoms with Crippen LogP contribution in [0.1, 0.15) is 5.56 Å². The van der Waals surface area contributed by atoms with E-state index >= 15 is 0 Å². The predicted octanol–water partition coefficient (Wildman–Crippen LogP) is 2.03. The van der Waals surface area contributed by atoms with Gasteiger partial charge in [0, 0.05) is 24.7 Å². The molecule has 90 valence electrons. The van der Waals surface area contributed by atoms with Crippen LogP contribution >= 0.6 is 11.8 Å². The van der Waals surface area contributed by atoms with E-state index in [0.29, 0.717) is 10.9 Å². The van der Waals surface area contributed by atoms with Crippen molar-refractivity contribution in [2.75, 3.05) is 18.8 Å². The summed E-state index contributed by atoms with van der Waals surface area (Å²) < 4.78 is 35.3. The quantitative estimate of drug-likeness (QED) is 0.493. The van der Waals surface area contributed by atoms with E-state index in [-0.39, 0.29) is 6.54 Å². The second-order valence-corrected chi connectivity index (χ2v) is 4.25. The maximum absolute atomic E-state index is 11.8. The Kier molecular flexibility index (Phi) is 5.01. The first-order valence-electron chi connectivity index (χ1n) is 4.66. The van der Waals surface area contributed by atoms with E-state index in [0.717, 1.165) is 5.56 Å². The number of aryl methyl sites for hydroxylation is 1. The number of hydrogen-bond donors (Lipinski definition) is 1. The summed E-state index contributed by atoms with van der Waals surface area (Å²) in [4.78, 5) is 8.05. The standard InChI is InChI=1S/C9H12F3N3S/c1-7-4-14-8(15-5-7)16-3-2-13-6-9(10,11)12/h4-5,13H,2-3,6H2,1H3. The lowest BCUT2D eigenvalue weighted by atomic mass is 10.4. The highest BCUT2D eigenvalue weighted by Crippen LogP contribution is 2.13. The van der Waals surface area contributed by atoms with Crippen molar-refractivity contribution in [3.63, 3.8) is 0 Å². The average molecular weight is 251 g/mol. The van der Waals surface area contributed by atoms with Gasteiger partial charge in [-0.1, -0.05) is 11.8 Å². The highest BCUT2D eigenvalue weighted by molar-refractivity contribution is 7.99. The summed E-state index contributed by atoms with van der Waals surface area (Å²) in [6.07, 6.45) is -0.790. The molecule has 0 spiro atoms. The third-order valence-corrected chi connectivity index (χ3v) is 2.47. The molecule has 1 N–H and O–H groups in total. The van der Waals surface area contributed by atoms with E-state index in [9.17, 15) is 13.2 Å². The largest absolute Gasteiger partial charge is 0.401 e. The van der Waals surface area contributed by atoms with E-state index in [2.05, 4.69) is 15.3 Å². The van der Waals surface area contributed by atoms with Crippen molar-refractivity contribution >= 4 is 11.8 Å². The average Bonchev–Trinajstić information content (AvgIpc) is 2.19. The summed E-state index contributed by atoms with van der Waals surface area (Å²) in [6.45, 7) is 1.20. The van der Waals surface area contributed by atoms with Crippen molar-refractivity contribution in [1.29, 1.82) is 0 Å². The number of thioether (sulfide) groups is 1. The van der Waals surface area contributed by atoms with Crippen LogP contribution in [0.4, 0.5) is 13.2 Å². The summed E-state index contributed by atoms with van der Waals surface area (Å²) in [5.74, 6) is 0.513. The predicted molar refractivity (Wildman–Crippen MR) is 56.4 cm³/mol. The van der Waals surface area contributed by atoms with E-state index in [1.165, 1.54) is 11.8 Å². The first kappa shape index (κ1) is 13.2. The van der Waals surface area contributed by atoms with Crippen LogP contribution in [0.5, 0.6) is 0 Å². The van der Waals surface area contributed by atoms with Crippen molar-refractivity contribution in [3.05, 3.63) is 18.0 Å². The minimum Gasteiger partial charge on any atom is -0.308 e. The molecule has 1 heterocycles. The molecule has 0 radical (unpaired) electrons. The molecule has 0 bridgehead atoms. The summed E-state index contributed by atoms with van der Waals surface area (Å²) in [5.41, 5.74) is 0.958. The Bertz CT molecular complexity index is 313. The maximum atomic E-state index is 11.8. The molecule has 0 amide bonds. The molecule has 3 nitrogen and oxygen atoms in total. The topological polar surface area (TPSA) is 37.8 Å². The van der Waals surface area contributed by atoms with Crippen LogP contribution in [-0.2, 0) is 0 Å². The normalized spacial score (nSPS) is 11.8. The second kappa shape index (κ2) is 6.05. The number of halogens is 3. The van der Waals surface area contributed by atoms with Crippen LogP contribution in [0.2, 0.25) is 0 Å². The molecule has 0 saturated heterocycles. The number of aromatic nitrogens is 2. The fourth-order valence-electron chi connectivity index (χ4n) is 0.900. The van der Waals surface area contributed by atoms with E-state index in [1.807, 2.05) is 6.92 Å². The molecular formula is C9H12F3N3S. The molecule has 1 rings (SSSR count). The second-order valence-electron chi connectivity index (χ2n) is 3.18. The van der Waals surface area contributed by atoms with Crippen LogP contribution < -0.4 is 5.32 Å². The highest BCUT2D eigenvalue weighted by atomic mass is 32.2. The van der Waals surface area contributed by atoms with Crippen molar-refractivity contribution in [2.24, 2.45) is 0 Å². The van der Waals surface area contributed by atoms with Crippen molar-refractivity contribution in [2.45, 2.75) is 18.3 Å². The van der Waals surface area contributed by atoms with Crippen molar-refractivity contribution < 1.29 is 13.2 Å². The van der Waals surface area contributed by atoms with Gasteiger partial charge in [-0.2, -0.15) is 13.2 Å². The van der Waals surface area contributed by atoms with Gasteiger partial charge in [0.25, 0.3) is 0 Å². The molecule has 16 heavy (non-hydrogen) atoms. The molecule has 0 fully saturated rings. The lowest BCUT2D eigenvalue weighted by Crippen LogP contribution is -2.30. The number of nitrogens with one attached hydrogen (secondary N) is 1. The lowest BCUT2D eigenvalue weighted by Gasteiger charge is -2.07.